The highest BCUT2D eigenvalue weighted by atomic mass is 32.2. The average molecular weight is 293 g/mol. The second-order valence-electron chi connectivity index (χ2n) is 4.70. The molecule has 0 aromatic heterocycles. The molecule has 3 aromatic carbocycles. The fourth-order valence-electron chi connectivity index (χ4n) is 2.45. The van der Waals surface area contributed by atoms with Gasteiger partial charge in [0.05, 0.1) is 0 Å². The number of hydrogen-bond acceptors (Lipinski definition) is 3. The minimum atomic E-state index is 0.597. The third kappa shape index (κ3) is 2.65. The minimum absolute atomic E-state index is 0.597. The van der Waals surface area contributed by atoms with Crippen LogP contribution in [0.1, 0.15) is 11.1 Å². The third-order valence-corrected chi connectivity index (χ3v) is 4.25. The number of oxime groups is 1. The molecule has 0 amide bonds. The van der Waals surface area contributed by atoms with E-state index in [1.807, 2.05) is 60.9 Å². The van der Waals surface area contributed by atoms with Crippen molar-refractivity contribution in [1.82, 2.24) is 0 Å². The Balaban J connectivity index is 2.14. The van der Waals surface area contributed by atoms with E-state index in [2.05, 4.69) is 17.3 Å². The summed E-state index contributed by atoms with van der Waals surface area (Å²) in [5.41, 5.74) is 2.44. The molecular weight excluding hydrogens is 278 g/mol. The molecule has 21 heavy (non-hydrogen) atoms. The zero-order valence-corrected chi connectivity index (χ0v) is 12.5. The molecule has 0 aliphatic carbocycles. The van der Waals surface area contributed by atoms with Crippen molar-refractivity contribution in [2.24, 2.45) is 5.16 Å². The van der Waals surface area contributed by atoms with Crippen LogP contribution in [0.2, 0.25) is 0 Å². The zero-order chi connectivity index (χ0) is 14.7. The highest BCUT2D eigenvalue weighted by Gasteiger charge is 2.11. The fraction of sp³-hybridized carbons (Fsp3) is 0.0556. The van der Waals surface area contributed by atoms with Crippen LogP contribution in [0.4, 0.5) is 0 Å². The maximum absolute atomic E-state index is 9.50. The van der Waals surface area contributed by atoms with Gasteiger partial charge in [-0.2, -0.15) is 0 Å². The van der Waals surface area contributed by atoms with Crippen molar-refractivity contribution in [3.8, 4) is 0 Å². The van der Waals surface area contributed by atoms with Gasteiger partial charge in [0.1, 0.15) is 5.71 Å². The van der Waals surface area contributed by atoms with Crippen molar-refractivity contribution in [2.75, 3.05) is 6.26 Å². The van der Waals surface area contributed by atoms with E-state index in [0.717, 1.165) is 21.9 Å². The molecule has 0 saturated heterocycles. The van der Waals surface area contributed by atoms with Gasteiger partial charge in [-0.1, -0.05) is 59.8 Å². The van der Waals surface area contributed by atoms with Gasteiger partial charge in [-0.3, -0.25) is 0 Å². The molecule has 0 aliphatic heterocycles. The number of nitrogens with zero attached hydrogens (tertiary/aromatic N) is 1. The highest BCUT2D eigenvalue weighted by Crippen LogP contribution is 2.23. The standard InChI is InChI=1S/C18H15NOS/c1-21-15-11-9-14(10-12-15)18(19-20)17-8-4-6-13-5-2-3-7-16(13)17/h2-12,20H,1H3/b19-18+. The number of rotatable bonds is 3. The normalized spacial score (nSPS) is 11.8. The van der Waals surface area contributed by atoms with E-state index in [9.17, 15) is 5.21 Å². The first-order valence-corrected chi connectivity index (χ1v) is 7.90. The van der Waals surface area contributed by atoms with Crippen LogP contribution in [0.5, 0.6) is 0 Å². The lowest BCUT2D eigenvalue weighted by Crippen LogP contribution is -2.04. The van der Waals surface area contributed by atoms with E-state index in [4.69, 9.17) is 0 Å². The van der Waals surface area contributed by atoms with Crippen molar-refractivity contribution in [1.29, 1.82) is 0 Å². The van der Waals surface area contributed by atoms with Crippen molar-refractivity contribution in [2.45, 2.75) is 4.90 Å². The van der Waals surface area contributed by atoms with Crippen LogP contribution in [-0.2, 0) is 0 Å². The summed E-state index contributed by atoms with van der Waals surface area (Å²) in [6.07, 6.45) is 2.04. The largest absolute Gasteiger partial charge is 0.410 e. The smallest absolute Gasteiger partial charge is 0.117 e. The maximum atomic E-state index is 9.50. The first-order valence-electron chi connectivity index (χ1n) is 6.68. The summed E-state index contributed by atoms with van der Waals surface area (Å²) in [7, 11) is 0. The second-order valence-corrected chi connectivity index (χ2v) is 5.58. The molecule has 0 fully saturated rings. The quantitative estimate of drug-likeness (QED) is 0.326. The van der Waals surface area contributed by atoms with Crippen molar-refractivity contribution < 1.29 is 5.21 Å². The van der Waals surface area contributed by atoms with Crippen LogP contribution < -0.4 is 0 Å². The van der Waals surface area contributed by atoms with Crippen LogP contribution in [-0.4, -0.2) is 17.2 Å². The molecule has 0 unspecified atom stereocenters. The lowest BCUT2D eigenvalue weighted by molar-refractivity contribution is 0.319. The van der Waals surface area contributed by atoms with Gasteiger partial charge in [0.25, 0.3) is 0 Å². The molecule has 0 aliphatic rings. The predicted octanol–water partition coefficient (Wildman–Crippen LogP) is 4.79. The molecule has 3 aromatic rings. The number of thioether (sulfide) groups is 1. The van der Waals surface area contributed by atoms with Gasteiger partial charge in [0.2, 0.25) is 0 Å². The van der Waals surface area contributed by atoms with Gasteiger partial charge in [0, 0.05) is 16.0 Å². The van der Waals surface area contributed by atoms with Crippen LogP contribution in [0.15, 0.2) is 76.8 Å². The van der Waals surface area contributed by atoms with E-state index >= 15 is 0 Å². The minimum Gasteiger partial charge on any atom is -0.410 e. The van der Waals surface area contributed by atoms with E-state index in [0.29, 0.717) is 5.71 Å². The SMILES string of the molecule is CSc1ccc(/C(=N\O)c2cccc3ccccc23)cc1. The highest BCUT2D eigenvalue weighted by molar-refractivity contribution is 7.98. The Morgan fingerprint density at radius 3 is 2.33 bits per heavy atom. The second kappa shape index (κ2) is 6.02. The van der Waals surface area contributed by atoms with Crippen LogP contribution in [0.3, 0.4) is 0 Å². The topological polar surface area (TPSA) is 32.6 Å². The maximum Gasteiger partial charge on any atom is 0.117 e. The van der Waals surface area contributed by atoms with Gasteiger partial charge in [-0.15, -0.1) is 11.8 Å². The van der Waals surface area contributed by atoms with Gasteiger partial charge in [-0.05, 0) is 29.2 Å². The van der Waals surface area contributed by atoms with Crippen LogP contribution >= 0.6 is 11.8 Å². The molecule has 0 radical (unpaired) electrons. The molecule has 1 N–H and O–H groups in total. The summed E-state index contributed by atoms with van der Waals surface area (Å²) in [5.74, 6) is 0. The molecule has 104 valence electrons. The van der Waals surface area contributed by atoms with Crippen LogP contribution in [0, 0.1) is 0 Å². The average Bonchev–Trinajstić information content (AvgIpc) is 2.56. The molecule has 3 rings (SSSR count). The van der Waals surface area contributed by atoms with Crippen molar-refractivity contribution in [3.05, 3.63) is 77.9 Å². The summed E-state index contributed by atoms with van der Waals surface area (Å²) >= 11 is 1.69. The Bertz CT molecular complexity index is 788. The van der Waals surface area contributed by atoms with Crippen molar-refractivity contribution >= 4 is 28.2 Å². The Kier molecular flexibility index (Phi) is 3.93. The molecular formula is C18H15NOS. The lowest BCUT2D eigenvalue weighted by Gasteiger charge is -2.09. The first kappa shape index (κ1) is 13.7. The molecule has 3 heteroatoms. The Hall–Kier alpha value is -2.26. The molecule has 0 heterocycles. The molecule has 2 nitrogen and oxygen atoms in total. The monoisotopic (exact) mass is 293 g/mol. The van der Waals surface area contributed by atoms with Gasteiger partial charge >= 0.3 is 0 Å². The Morgan fingerprint density at radius 1 is 0.905 bits per heavy atom. The Labute approximate surface area is 128 Å². The van der Waals surface area contributed by atoms with Crippen molar-refractivity contribution in [3.63, 3.8) is 0 Å². The van der Waals surface area contributed by atoms with Gasteiger partial charge in [-0.25, -0.2) is 0 Å². The van der Waals surface area contributed by atoms with Gasteiger partial charge < -0.3 is 5.21 Å². The lowest BCUT2D eigenvalue weighted by atomic mass is 9.97. The first-order chi connectivity index (χ1) is 10.3. The summed E-state index contributed by atoms with van der Waals surface area (Å²) in [4.78, 5) is 1.19. The number of hydrogen-bond donors (Lipinski definition) is 1. The summed E-state index contributed by atoms with van der Waals surface area (Å²) in [5, 5.41) is 15.3. The summed E-state index contributed by atoms with van der Waals surface area (Å²) < 4.78 is 0. The number of benzene rings is 3. The fourth-order valence-corrected chi connectivity index (χ4v) is 2.86. The zero-order valence-electron chi connectivity index (χ0n) is 11.7. The predicted molar refractivity (Wildman–Crippen MR) is 89.6 cm³/mol. The third-order valence-electron chi connectivity index (χ3n) is 3.51. The molecule has 0 saturated carbocycles. The van der Waals surface area contributed by atoms with E-state index in [-0.39, 0.29) is 0 Å². The number of fused-ring (bicyclic) bond motifs is 1. The van der Waals surface area contributed by atoms with Crippen LogP contribution in [0.25, 0.3) is 10.8 Å². The van der Waals surface area contributed by atoms with Gasteiger partial charge in [0.15, 0.2) is 0 Å². The summed E-state index contributed by atoms with van der Waals surface area (Å²) in [6, 6.07) is 22.2. The van der Waals surface area contributed by atoms with E-state index < -0.39 is 0 Å². The Morgan fingerprint density at radius 2 is 1.62 bits per heavy atom. The molecule has 0 spiro atoms. The molecule has 0 atom stereocenters. The van der Waals surface area contributed by atoms with E-state index in [1.54, 1.807) is 11.8 Å². The summed E-state index contributed by atoms with van der Waals surface area (Å²) in [6.45, 7) is 0. The molecule has 0 bridgehead atoms. The van der Waals surface area contributed by atoms with E-state index in [1.165, 1.54) is 4.90 Å².